The minimum Gasteiger partial charge on any atom is -0.207 e. The van der Waals surface area contributed by atoms with Crippen molar-refractivity contribution >= 4 is 10.0 Å². The van der Waals surface area contributed by atoms with Crippen LogP contribution in [0.5, 0.6) is 0 Å². The number of aryl methyl sites for hydroxylation is 2. The number of sulfonamides is 1. The second-order valence-corrected chi connectivity index (χ2v) is 7.10. The topological polar surface area (TPSA) is 37.4 Å². The Hall–Kier alpha value is -1.72. The third-order valence-electron chi connectivity index (χ3n) is 3.34. The molecule has 0 aliphatic carbocycles. The van der Waals surface area contributed by atoms with Gasteiger partial charge in [-0.15, -0.1) is 0 Å². The molecule has 0 bridgehead atoms. The molecule has 0 N–H and O–H groups in total. The van der Waals surface area contributed by atoms with E-state index in [9.17, 15) is 12.8 Å². The molecular weight excluding hydrogens is 289 g/mol. The lowest BCUT2D eigenvalue weighted by Crippen LogP contribution is -2.27. The van der Waals surface area contributed by atoms with Crippen molar-refractivity contribution in [2.45, 2.75) is 25.3 Å². The van der Waals surface area contributed by atoms with Gasteiger partial charge in [-0.2, -0.15) is 4.31 Å². The zero-order valence-electron chi connectivity index (χ0n) is 12.3. The fraction of sp³-hybridized carbons (Fsp3) is 0.250. The summed E-state index contributed by atoms with van der Waals surface area (Å²) in [5, 5.41) is 0. The summed E-state index contributed by atoms with van der Waals surface area (Å²) in [5.74, 6) is -0.422. The molecule has 0 atom stereocenters. The van der Waals surface area contributed by atoms with Gasteiger partial charge in [0.15, 0.2) is 0 Å². The standard InChI is InChI=1S/C16H18FNO2S/c1-12-9-15(17)10-13(2)16(12)21(19,20)18(3)11-14-7-5-4-6-8-14/h4-10H,11H2,1-3H3. The van der Waals surface area contributed by atoms with Crippen LogP contribution in [0.1, 0.15) is 16.7 Å². The lowest BCUT2D eigenvalue weighted by atomic mass is 10.1. The van der Waals surface area contributed by atoms with E-state index in [1.807, 2.05) is 30.3 Å². The van der Waals surface area contributed by atoms with Crippen LogP contribution in [0, 0.1) is 19.7 Å². The van der Waals surface area contributed by atoms with E-state index in [-0.39, 0.29) is 11.4 Å². The van der Waals surface area contributed by atoms with Gasteiger partial charge in [0, 0.05) is 13.6 Å². The van der Waals surface area contributed by atoms with Crippen molar-refractivity contribution in [2.24, 2.45) is 0 Å². The van der Waals surface area contributed by atoms with Crippen molar-refractivity contribution in [3.63, 3.8) is 0 Å². The molecule has 0 heterocycles. The van der Waals surface area contributed by atoms with E-state index in [0.29, 0.717) is 11.1 Å². The molecule has 112 valence electrons. The molecular formula is C16H18FNO2S. The Morgan fingerprint density at radius 2 is 1.57 bits per heavy atom. The highest BCUT2D eigenvalue weighted by Gasteiger charge is 2.25. The quantitative estimate of drug-likeness (QED) is 0.869. The van der Waals surface area contributed by atoms with E-state index < -0.39 is 15.8 Å². The van der Waals surface area contributed by atoms with Gasteiger partial charge in [0.2, 0.25) is 10.0 Å². The molecule has 0 fully saturated rings. The molecule has 3 nitrogen and oxygen atoms in total. The van der Waals surface area contributed by atoms with Gasteiger partial charge in [-0.1, -0.05) is 30.3 Å². The minimum atomic E-state index is -3.65. The molecule has 2 rings (SSSR count). The molecule has 2 aromatic rings. The maximum Gasteiger partial charge on any atom is 0.243 e. The van der Waals surface area contributed by atoms with Crippen molar-refractivity contribution in [3.8, 4) is 0 Å². The Balaban J connectivity index is 2.38. The van der Waals surface area contributed by atoms with Gasteiger partial charge < -0.3 is 0 Å². The van der Waals surface area contributed by atoms with Gasteiger partial charge in [-0.05, 0) is 42.7 Å². The third kappa shape index (κ3) is 3.31. The van der Waals surface area contributed by atoms with Crippen LogP contribution in [0.3, 0.4) is 0 Å². The van der Waals surface area contributed by atoms with Crippen LogP contribution in [0.15, 0.2) is 47.4 Å². The number of rotatable bonds is 4. The van der Waals surface area contributed by atoms with Crippen molar-refractivity contribution in [3.05, 3.63) is 65.0 Å². The lowest BCUT2D eigenvalue weighted by molar-refractivity contribution is 0.465. The SMILES string of the molecule is Cc1cc(F)cc(C)c1S(=O)(=O)N(C)Cc1ccccc1. The number of nitrogens with zero attached hydrogens (tertiary/aromatic N) is 1. The molecule has 0 saturated carbocycles. The molecule has 0 aliphatic heterocycles. The highest BCUT2D eigenvalue weighted by Crippen LogP contribution is 2.25. The van der Waals surface area contributed by atoms with Crippen LogP contribution < -0.4 is 0 Å². The van der Waals surface area contributed by atoms with Crippen molar-refractivity contribution in [1.29, 1.82) is 0 Å². The predicted molar refractivity (Wildman–Crippen MR) is 81.0 cm³/mol. The normalized spacial score (nSPS) is 11.9. The van der Waals surface area contributed by atoms with E-state index in [2.05, 4.69) is 0 Å². The summed E-state index contributed by atoms with van der Waals surface area (Å²) in [7, 11) is -2.12. The largest absolute Gasteiger partial charge is 0.243 e. The number of hydrogen-bond donors (Lipinski definition) is 0. The zero-order valence-corrected chi connectivity index (χ0v) is 13.1. The predicted octanol–water partition coefficient (Wildman–Crippen LogP) is 3.26. The minimum absolute atomic E-state index is 0.183. The van der Waals surface area contributed by atoms with Crippen LogP contribution in [0.4, 0.5) is 4.39 Å². The molecule has 21 heavy (non-hydrogen) atoms. The fourth-order valence-corrected chi connectivity index (χ4v) is 3.95. The first kappa shape index (κ1) is 15.7. The Bertz CT molecular complexity index is 719. The molecule has 5 heteroatoms. The highest BCUT2D eigenvalue weighted by atomic mass is 32.2. The first-order valence-electron chi connectivity index (χ1n) is 6.59. The smallest absolute Gasteiger partial charge is 0.207 e. The maximum atomic E-state index is 13.3. The molecule has 0 unspecified atom stereocenters. The van der Waals surface area contributed by atoms with E-state index in [0.717, 1.165) is 5.56 Å². The summed E-state index contributed by atoms with van der Waals surface area (Å²) < 4.78 is 40.0. The van der Waals surface area contributed by atoms with Crippen molar-refractivity contribution in [2.75, 3.05) is 7.05 Å². The molecule has 0 amide bonds. The van der Waals surface area contributed by atoms with Crippen molar-refractivity contribution < 1.29 is 12.8 Å². The van der Waals surface area contributed by atoms with Gasteiger partial charge in [-0.25, -0.2) is 12.8 Å². The van der Waals surface area contributed by atoms with Gasteiger partial charge in [0.1, 0.15) is 5.82 Å². The molecule has 0 spiro atoms. The lowest BCUT2D eigenvalue weighted by Gasteiger charge is -2.20. The second-order valence-electron chi connectivity index (χ2n) is 5.12. The Morgan fingerprint density at radius 1 is 1.05 bits per heavy atom. The summed E-state index contributed by atoms with van der Waals surface area (Å²) in [6, 6.07) is 11.8. The Labute approximate surface area is 125 Å². The molecule has 0 radical (unpaired) electrons. The average molecular weight is 307 g/mol. The zero-order chi connectivity index (χ0) is 15.6. The molecule has 2 aromatic carbocycles. The monoisotopic (exact) mass is 307 g/mol. The summed E-state index contributed by atoms with van der Waals surface area (Å²) in [6.07, 6.45) is 0. The highest BCUT2D eigenvalue weighted by molar-refractivity contribution is 7.89. The average Bonchev–Trinajstić information content (AvgIpc) is 2.38. The molecule has 0 aromatic heterocycles. The van der Waals surface area contributed by atoms with Crippen LogP contribution in [-0.4, -0.2) is 19.8 Å². The van der Waals surface area contributed by atoms with Gasteiger partial charge >= 0.3 is 0 Å². The number of benzene rings is 2. The summed E-state index contributed by atoms with van der Waals surface area (Å²) in [5.41, 5.74) is 1.75. The fourth-order valence-electron chi connectivity index (χ4n) is 2.39. The van der Waals surface area contributed by atoms with Gasteiger partial charge in [0.05, 0.1) is 4.90 Å². The van der Waals surface area contributed by atoms with Crippen LogP contribution in [0.2, 0.25) is 0 Å². The van der Waals surface area contributed by atoms with Crippen LogP contribution >= 0.6 is 0 Å². The Morgan fingerprint density at radius 3 is 2.10 bits per heavy atom. The second kappa shape index (κ2) is 5.95. The van der Waals surface area contributed by atoms with E-state index in [1.165, 1.54) is 23.5 Å². The first-order valence-corrected chi connectivity index (χ1v) is 8.03. The third-order valence-corrected chi connectivity index (χ3v) is 5.45. The number of halogens is 1. The maximum absolute atomic E-state index is 13.3. The summed E-state index contributed by atoms with van der Waals surface area (Å²) >= 11 is 0. The number of hydrogen-bond acceptors (Lipinski definition) is 2. The summed E-state index contributed by atoms with van der Waals surface area (Å²) in [6.45, 7) is 3.50. The van der Waals surface area contributed by atoms with Crippen LogP contribution in [0.25, 0.3) is 0 Å². The van der Waals surface area contributed by atoms with E-state index >= 15 is 0 Å². The van der Waals surface area contributed by atoms with E-state index in [1.54, 1.807) is 13.8 Å². The molecule has 0 saturated heterocycles. The van der Waals surface area contributed by atoms with Gasteiger partial charge in [0.25, 0.3) is 0 Å². The van der Waals surface area contributed by atoms with Crippen LogP contribution in [-0.2, 0) is 16.6 Å². The van der Waals surface area contributed by atoms with Crippen molar-refractivity contribution in [1.82, 2.24) is 4.31 Å². The Kier molecular flexibility index (Phi) is 4.44. The molecule has 0 aliphatic rings. The van der Waals surface area contributed by atoms with E-state index in [4.69, 9.17) is 0 Å². The van der Waals surface area contributed by atoms with Gasteiger partial charge in [-0.3, -0.25) is 0 Å². The summed E-state index contributed by atoms with van der Waals surface area (Å²) in [4.78, 5) is 0.183. The first-order chi connectivity index (χ1) is 9.82.